The molecule has 9 nitrogen and oxygen atoms in total. The normalized spacial score (nSPS) is 15.0. The highest BCUT2D eigenvalue weighted by molar-refractivity contribution is 7.89. The van der Waals surface area contributed by atoms with Crippen LogP contribution in [0.25, 0.3) is 15.9 Å². The van der Waals surface area contributed by atoms with E-state index < -0.39 is 20.8 Å². The second kappa shape index (κ2) is 10.4. The molecule has 2 aromatic heterocycles. The Hall–Kier alpha value is -2.99. The molecule has 1 fully saturated rings. The van der Waals surface area contributed by atoms with Gasteiger partial charge in [0.2, 0.25) is 15.8 Å². The molecule has 3 heterocycles. The molecule has 0 radical (unpaired) electrons. The molecule has 0 unspecified atom stereocenters. The molecule has 37 heavy (non-hydrogen) atoms. The zero-order valence-electron chi connectivity index (χ0n) is 20.4. The summed E-state index contributed by atoms with van der Waals surface area (Å²) in [6, 6.07) is 12.7. The summed E-state index contributed by atoms with van der Waals surface area (Å²) in [5, 5.41) is 4.39. The lowest BCUT2D eigenvalue weighted by molar-refractivity contribution is 0.298. The van der Waals surface area contributed by atoms with Crippen LogP contribution in [0.4, 0.5) is 5.69 Å². The van der Waals surface area contributed by atoms with Crippen LogP contribution in [-0.4, -0.2) is 58.9 Å². The maximum atomic E-state index is 13.6. The number of ether oxygens (including phenoxy) is 1. The Bertz CT molecular complexity index is 1590. The molecule has 5 rings (SSSR count). The van der Waals surface area contributed by atoms with Crippen LogP contribution in [0.15, 0.2) is 59.0 Å². The lowest BCUT2D eigenvalue weighted by atomic mass is 10.2. The molecule has 0 N–H and O–H groups in total. The summed E-state index contributed by atoms with van der Waals surface area (Å²) in [6.45, 7) is 5.00. The third-order valence-corrected chi connectivity index (χ3v) is 9.58. The van der Waals surface area contributed by atoms with Gasteiger partial charge in [-0.3, -0.25) is 4.79 Å². The lowest BCUT2D eigenvalue weighted by Crippen LogP contribution is -2.50. The van der Waals surface area contributed by atoms with Gasteiger partial charge in [0.1, 0.15) is 12.3 Å². The molecule has 0 aliphatic carbocycles. The minimum Gasteiger partial charge on any atom is -0.481 e. The van der Waals surface area contributed by atoms with Gasteiger partial charge in [0.15, 0.2) is 0 Å². The Morgan fingerprint density at radius 1 is 1.11 bits per heavy atom. The van der Waals surface area contributed by atoms with E-state index in [9.17, 15) is 13.2 Å². The number of anilines is 1. The molecule has 0 atom stereocenters. The molecule has 1 aliphatic rings. The Balaban J connectivity index is 1.47. The van der Waals surface area contributed by atoms with Gasteiger partial charge in [-0.1, -0.05) is 23.7 Å². The van der Waals surface area contributed by atoms with Crippen molar-refractivity contribution in [1.82, 2.24) is 19.1 Å². The third kappa shape index (κ3) is 5.22. The number of piperazine rings is 1. The number of thiazole rings is 1. The van der Waals surface area contributed by atoms with Gasteiger partial charge in [-0.15, -0.1) is 11.3 Å². The molecule has 12 heteroatoms. The van der Waals surface area contributed by atoms with Crippen LogP contribution >= 0.6 is 22.9 Å². The van der Waals surface area contributed by atoms with E-state index in [2.05, 4.69) is 10.1 Å². The highest BCUT2D eigenvalue weighted by Gasteiger charge is 2.31. The van der Waals surface area contributed by atoms with Crippen LogP contribution in [0, 0.1) is 0 Å². The largest absolute Gasteiger partial charge is 0.481 e. The number of rotatable bonds is 7. The van der Waals surface area contributed by atoms with E-state index in [1.54, 1.807) is 61.2 Å². The molecule has 0 saturated carbocycles. The first-order chi connectivity index (χ1) is 17.7. The summed E-state index contributed by atoms with van der Waals surface area (Å²) < 4.78 is 35.2. The van der Waals surface area contributed by atoms with E-state index in [1.807, 2.05) is 23.1 Å². The standard InChI is InChI=1S/C25H26ClN5O4S2/c1-17(2)37(33,34)30-10-8-29(9-11-30)22-14-28-31(20-5-3-4-19(26)13-20)25(32)24(22)35-15-18-6-7-21-23(12-18)36-16-27-21/h3-7,12-14,16-17H,8-11,15H2,1-2H3. The second-order valence-corrected chi connectivity index (χ2v) is 12.8. The van der Waals surface area contributed by atoms with Crippen LogP contribution in [-0.2, 0) is 16.6 Å². The van der Waals surface area contributed by atoms with Crippen molar-refractivity contribution in [2.24, 2.45) is 0 Å². The number of fused-ring (bicyclic) bond motifs is 1. The molecular formula is C25H26ClN5O4S2. The van der Waals surface area contributed by atoms with Crippen LogP contribution in [0.5, 0.6) is 5.75 Å². The van der Waals surface area contributed by atoms with E-state index in [0.717, 1.165) is 15.8 Å². The van der Waals surface area contributed by atoms with Crippen LogP contribution in [0.1, 0.15) is 19.4 Å². The number of sulfonamides is 1. The summed E-state index contributed by atoms with van der Waals surface area (Å²) in [5.74, 6) is 0.152. The summed E-state index contributed by atoms with van der Waals surface area (Å²) in [4.78, 5) is 19.9. The Morgan fingerprint density at radius 2 is 1.89 bits per heavy atom. The van der Waals surface area contributed by atoms with E-state index in [0.29, 0.717) is 42.6 Å². The predicted molar refractivity (Wildman–Crippen MR) is 147 cm³/mol. The third-order valence-electron chi connectivity index (χ3n) is 6.28. The van der Waals surface area contributed by atoms with Crippen molar-refractivity contribution in [3.63, 3.8) is 0 Å². The fourth-order valence-electron chi connectivity index (χ4n) is 4.21. The number of nitrogens with zero attached hydrogens (tertiary/aromatic N) is 5. The lowest BCUT2D eigenvalue weighted by Gasteiger charge is -2.36. The van der Waals surface area contributed by atoms with Gasteiger partial charge < -0.3 is 9.64 Å². The molecule has 1 saturated heterocycles. The highest BCUT2D eigenvalue weighted by Crippen LogP contribution is 2.28. The number of hydrogen-bond acceptors (Lipinski definition) is 8. The van der Waals surface area contributed by atoms with Crippen molar-refractivity contribution >= 4 is 48.9 Å². The molecule has 2 aromatic carbocycles. The predicted octanol–water partition coefficient (Wildman–Crippen LogP) is 3.93. The monoisotopic (exact) mass is 559 g/mol. The quantitative estimate of drug-likeness (QED) is 0.338. The number of aromatic nitrogens is 3. The smallest absolute Gasteiger partial charge is 0.316 e. The summed E-state index contributed by atoms with van der Waals surface area (Å²) in [6.07, 6.45) is 1.59. The first-order valence-corrected chi connectivity index (χ1v) is 14.6. The molecular weight excluding hydrogens is 534 g/mol. The summed E-state index contributed by atoms with van der Waals surface area (Å²) in [5.41, 5.74) is 4.24. The molecule has 1 aliphatic heterocycles. The van der Waals surface area contributed by atoms with Gasteiger partial charge in [-0.05, 0) is 49.7 Å². The number of hydrogen-bond donors (Lipinski definition) is 0. The van der Waals surface area contributed by atoms with Crippen LogP contribution < -0.4 is 15.2 Å². The van der Waals surface area contributed by atoms with Gasteiger partial charge in [0.25, 0.3) is 0 Å². The first kappa shape index (κ1) is 25.7. The first-order valence-electron chi connectivity index (χ1n) is 11.8. The average molecular weight is 560 g/mol. The van der Waals surface area contributed by atoms with E-state index in [1.165, 1.54) is 8.99 Å². The second-order valence-electron chi connectivity index (χ2n) is 8.98. The number of benzene rings is 2. The van der Waals surface area contributed by atoms with Gasteiger partial charge in [-0.2, -0.15) is 14.1 Å². The van der Waals surface area contributed by atoms with Crippen molar-refractivity contribution in [3.8, 4) is 11.4 Å². The molecule has 194 valence electrons. The van der Waals surface area contributed by atoms with E-state index >= 15 is 0 Å². The minimum absolute atomic E-state index is 0.152. The van der Waals surface area contributed by atoms with Crippen LogP contribution in [0.3, 0.4) is 0 Å². The van der Waals surface area contributed by atoms with Gasteiger partial charge >= 0.3 is 5.56 Å². The fraction of sp³-hybridized carbons (Fsp3) is 0.320. The summed E-state index contributed by atoms with van der Waals surface area (Å²) in [7, 11) is -3.35. The maximum Gasteiger partial charge on any atom is 0.316 e. The average Bonchev–Trinajstić information content (AvgIpc) is 3.36. The van der Waals surface area contributed by atoms with Crippen molar-refractivity contribution in [3.05, 3.63) is 75.1 Å². The molecule has 0 amide bonds. The Morgan fingerprint density at radius 3 is 2.62 bits per heavy atom. The van der Waals surface area contributed by atoms with E-state index in [-0.39, 0.29) is 12.4 Å². The van der Waals surface area contributed by atoms with Gasteiger partial charge in [0, 0.05) is 31.2 Å². The van der Waals surface area contributed by atoms with Crippen molar-refractivity contribution in [2.45, 2.75) is 25.7 Å². The zero-order chi connectivity index (χ0) is 26.2. The molecule has 0 bridgehead atoms. The van der Waals surface area contributed by atoms with E-state index in [4.69, 9.17) is 16.3 Å². The van der Waals surface area contributed by atoms with Crippen molar-refractivity contribution in [2.75, 3.05) is 31.1 Å². The Kier molecular flexibility index (Phi) is 7.21. The topological polar surface area (TPSA) is 97.6 Å². The molecule has 0 spiro atoms. The van der Waals surface area contributed by atoms with Crippen LogP contribution in [0.2, 0.25) is 5.02 Å². The van der Waals surface area contributed by atoms with Crippen molar-refractivity contribution < 1.29 is 13.2 Å². The fourth-order valence-corrected chi connectivity index (χ4v) is 6.40. The minimum atomic E-state index is -3.35. The van der Waals surface area contributed by atoms with Gasteiger partial charge in [-0.25, -0.2) is 13.4 Å². The number of halogens is 1. The van der Waals surface area contributed by atoms with Gasteiger partial charge in [0.05, 0.1) is 32.9 Å². The SMILES string of the molecule is CC(C)S(=O)(=O)N1CCN(c2cnn(-c3cccc(Cl)c3)c(=O)c2OCc2ccc3ncsc3c2)CC1. The van der Waals surface area contributed by atoms with Crippen molar-refractivity contribution in [1.29, 1.82) is 0 Å². The summed E-state index contributed by atoms with van der Waals surface area (Å²) >= 11 is 7.69. The molecule has 4 aromatic rings. The Labute approximate surface area is 223 Å². The highest BCUT2D eigenvalue weighted by atomic mass is 35.5. The zero-order valence-corrected chi connectivity index (χ0v) is 22.8. The maximum absolute atomic E-state index is 13.6.